The first-order valence-corrected chi connectivity index (χ1v) is 7.02. The summed E-state index contributed by atoms with van der Waals surface area (Å²) in [5.74, 6) is 3.16. The van der Waals surface area contributed by atoms with Gasteiger partial charge in [-0.1, -0.05) is 26.0 Å². The van der Waals surface area contributed by atoms with Crippen molar-refractivity contribution in [3.8, 4) is 5.75 Å². The second kappa shape index (κ2) is 6.43. The molecule has 0 atom stereocenters. The molecule has 3 N–H and O–H groups in total. The number of benzene rings is 1. The number of ether oxygens (including phenoxy) is 1. The fraction of sp³-hybridized carbons (Fsp3) is 0.375. The topological polar surface area (TPSA) is 73.1 Å². The molecule has 5 nitrogen and oxygen atoms in total. The van der Waals surface area contributed by atoms with Crippen molar-refractivity contribution in [2.24, 2.45) is 0 Å². The molecule has 1 heterocycles. The smallest absolute Gasteiger partial charge is 0.135 e. The van der Waals surface area contributed by atoms with Crippen LogP contribution in [0.15, 0.2) is 24.3 Å². The van der Waals surface area contributed by atoms with Crippen LogP contribution in [0.1, 0.15) is 36.7 Å². The van der Waals surface area contributed by atoms with Crippen LogP contribution in [-0.2, 0) is 6.54 Å². The molecule has 0 aliphatic heterocycles. The summed E-state index contributed by atoms with van der Waals surface area (Å²) in [7, 11) is 1.66. The Kier molecular flexibility index (Phi) is 4.62. The first-order chi connectivity index (χ1) is 10.0. The van der Waals surface area contributed by atoms with Crippen molar-refractivity contribution in [1.82, 2.24) is 9.97 Å². The quantitative estimate of drug-likeness (QED) is 0.883. The lowest BCUT2D eigenvalue weighted by atomic mass is 10.2. The number of aromatic nitrogens is 2. The molecule has 5 heteroatoms. The summed E-state index contributed by atoms with van der Waals surface area (Å²) in [4.78, 5) is 8.88. The Morgan fingerprint density at radius 2 is 2.05 bits per heavy atom. The number of nitrogens with zero attached hydrogens (tertiary/aromatic N) is 2. The average molecular weight is 286 g/mol. The number of nitrogens with two attached hydrogens (primary N) is 1. The fourth-order valence-electron chi connectivity index (χ4n) is 1.95. The van der Waals surface area contributed by atoms with Gasteiger partial charge in [0.1, 0.15) is 23.2 Å². The maximum atomic E-state index is 5.96. The molecule has 112 valence electrons. The zero-order valence-electron chi connectivity index (χ0n) is 13.0. The molecule has 1 aromatic heterocycles. The maximum Gasteiger partial charge on any atom is 0.135 e. The molecule has 2 aromatic rings. The van der Waals surface area contributed by atoms with Crippen LogP contribution in [0.25, 0.3) is 0 Å². The molecular formula is C16H22N4O. The van der Waals surface area contributed by atoms with Gasteiger partial charge in [0.2, 0.25) is 0 Å². The van der Waals surface area contributed by atoms with Gasteiger partial charge in [-0.05, 0) is 24.6 Å². The molecule has 0 bridgehead atoms. The van der Waals surface area contributed by atoms with E-state index in [2.05, 4.69) is 29.1 Å². The molecule has 0 amide bonds. The highest BCUT2D eigenvalue weighted by molar-refractivity contribution is 5.55. The highest BCUT2D eigenvalue weighted by atomic mass is 16.5. The van der Waals surface area contributed by atoms with Crippen LogP contribution in [-0.4, -0.2) is 17.1 Å². The van der Waals surface area contributed by atoms with Crippen molar-refractivity contribution in [1.29, 1.82) is 0 Å². The SMILES string of the molecule is COc1cccc(CNc2nc(C(C)C)nc(N)c2C)c1. The Morgan fingerprint density at radius 3 is 2.71 bits per heavy atom. The number of nitrogens with one attached hydrogen (secondary N) is 1. The van der Waals surface area contributed by atoms with Gasteiger partial charge in [0.05, 0.1) is 7.11 Å². The van der Waals surface area contributed by atoms with Crippen LogP contribution in [0, 0.1) is 6.92 Å². The van der Waals surface area contributed by atoms with E-state index in [1.165, 1.54) is 0 Å². The first-order valence-electron chi connectivity index (χ1n) is 7.02. The van der Waals surface area contributed by atoms with Gasteiger partial charge in [-0.15, -0.1) is 0 Å². The summed E-state index contributed by atoms with van der Waals surface area (Å²) < 4.78 is 5.23. The van der Waals surface area contributed by atoms with Crippen molar-refractivity contribution in [2.75, 3.05) is 18.2 Å². The molecule has 0 spiro atoms. The van der Waals surface area contributed by atoms with Crippen LogP contribution in [0.4, 0.5) is 11.6 Å². The number of hydrogen-bond donors (Lipinski definition) is 2. The van der Waals surface area contributed by atoms with Crippen molar-refractivity contribution in [3.05, 3.63) is 41.2 Å². The lowest BCUT2D eigenvalue weighted by molar-refractivity contribution is 0.414. The molecular weight excluding hydrogens is 264 g/mol. The molecule has 0 radical (unpaired) electrons. The Bertz CT molecular complexity index is 626. The third-order valence-corrected chi connectivity index (χ3v) is 3.31. The van der Waals surface area contributed by atoms with Crippen LogP contribution in [0.5, 0.6) is 5.75 Å². The zero-order valence-corrected chi connectivity index (χ0v) is 13.0. The minimum Gasteiger partial charge on any atom is -0.497 e. The van der Waals surface area contributed by atoms with Gasteiger partial charge in [-0.2, -0.15) is 0 Å². The standard InChI is InChI=1S/C16H22N4O/c1-10(2)15-19-14(17)11(3)16(20-15)18-9-12-6-5-7-13(8-12)21-4/h5-8,10H,9H2,1-4H3,(H3,17,18,19,20). The predicted molar refractivity (Wildman–Crippen MR) is 85.6 cm³/mol. The molecule has 1 aromatic carbocycles. The van der Waals surface area contributed by atoms with Gasteiger partial charge in [-0.25, -0.2) is 9.97 Å². The average Bonchev–Trinajstić information content (AvgIpc) is 2.48. The van der Waals surface area contributed by atoms with Crippen molar-refractivity contribution in [2.45, 2.75) is 33.2 Å². The number of nitrogen functional groups attached to an aromatic ring is 1. The third-order valence-electron chi connectivity index (χ3n) is 3.31. The van der Waals surface area contributed by atoms with Gasteiger partial charge in [-0.3, -0.25) is 0 Å². The van der Waals surface area contributed by atoms with E-state index < -0.39 is 0 Å². The van der Waals surface area contributed by atoms with E-state index in [-0.39, 0.29) is 5.92 Å². The second-order valence-corrected chi connectivity index (χ2v) is 5.30. The maximum absolute atomic E-state index is 5.96. The van der Waals surface area contributed by atoms with Crippen LogP contribution in [0.3, 0.4) is 0 Å². The molecule has 0 aliphatic carbocycles. The van der Waals surface area contributed by atoms with E-state index in [1.807, 2.05) is 31.2 Å². The van der Waals surface area contributed by atoms with Crippen molar-refractivity contribution >= 4 is 11.6 Å². The first kappa shape index (κ1) is 15.1. The Hall–Kier alpha value is -2.30. The van der Waals surface area contributed by atoms with Gasteiger partial charge < -0.3 is 15.8 Å². The molecule has 0 saturated carbocycles. The van der Waals surface area contributed by atoms with Crippen molar-refractivity contribution in [3.63, 3.8) is 0 Å². The monoisotopic (exact) mass is 286 g/mol. The van der Waals surface area contributed by atoms with Crippen LogP contribution < -0.4 is 15.8 Å². The minimum absolute atomic E-state index is 0.241. The van der Waals surface area contributed by atoms with E-state index in [9.17, 15) is 0 Å². The summed E-state index contributed by atoms with van der Waals surface area (Å²) in [6.07, 6.45) is 0. The van der Waals surface area contributed by atoms with E-state index in [4.69, 9.17) is 10.5 Å². The third kappa shape index (κ3) is 3.62. The van der Waals surface area contributed by atoms with E-state index in [1.54, 1.807) is 7.11 Å². The summed E-state index contributed by atoms with van der Waals surface area (Å²) in [5.41, 5.74) is 7.96. The lowest BCUT2D eigenvalue weighted by Crippen LogP contribution is -2.10. The molecule has 0 saturated heterocycles. The zero-order chi connectivity index (χ0) is 15.4. The summed E-state index contributed by atoms with van der Waals surface area (Å²) >= 11 is 0. The Morgan fingerprint density at radius 1 is 1.29 bits per heavy atom. The van der Waals surface area contributed by atoms with E-state index >= 15 is 0 Å². The van der Waals surface area contributed by atoms with Gasteiger partial charge in [0.25, 0.3) is 0 Å². The lowest BCUT2D eigenvalue weighted by Gasteiger charge is -2.13. The number of hydrogen-bond acceptors (Lipinski definition) is 5. The molecule has 0 aliphatic rings. The summed E-state index contributed by atoms with van der Waals surface area (Å²) in [5, 5.41) is 3.33. The van der Waals surface area contributed by atoms with Crippen molar-refractivity contribution < 1.29 is 4.74 Å². The fourth-order valence-corrected chi connectivity index (χ4v) is 1.95. The normalized spacial score (nSPS) is 10.7. The Balaban J connectivity index is 2.19. The summed E-state index contributed by atoms with van der Waals surface area (Å²) in [6.45, 7) is 6.69. The molecule has 2 rings (SSSR count). The van der Waals surface area contributed by atoms with Gasteiger partial charge in [0.15, 0.2) is 0 Å². The highest BCUT2D eigenvalue weighted by Crippen LogP contribution is 2.22. The summed E-state index contributed by atoms with van der Waals surface area (Å²) in [6, 6.07) is 7.93. The van der Waals surface area contributed by atoms with E-state index in [0.717, 1.165) is 28.5 Å². The molecule has 21 heavy (non-hydrogen) atoms. The number of rotatable bonds is 5. The molecule has 0 fully saturated rings. The van der Waals surface area contributed by atoms with E-state index in [0.29, 0.717) is 12.4 Å². The number of methoxy groups -OCH3 is 1. The van der Waals surface area contributed by atoms with Crippen LogP contribution in [0.2, 0.25) is 0 Å². The predicted octanol–water partition coefficient (Wildman–Crippen LogP) is 3.11. The second-order valence-electron chi connectivity index (χ2n) is 5.30. The minimum atomic E-state index is 0.241. The Labute approximate surface area is 125 Å². The van der Waals surface area contributed by atoms with Gasteiger partial charge in [0, 0.05) is 18.0 Å². The highest BCUT2D eigenvalue weighted by Gasteiger charge is 2.11. The van der Waals surface area contributed by atoms with Crippen LogP contribution >= 0.6 is 0 Å². The number of anilines is 2. The van der Waals surface area contributed by atoms with Gasteiger partial charge >= 0.3 is 0 Å². The molecule has 0 unspecified atom stereocenters. The largest absolute Gasteiger partial charge is 0.497 e.